The summed E-state index contributed by atoms with van der Waals surface area (Å²) in [7, 11) is 0. The third-order valence-electron chi connectivity index (χ3n) is 7.54. The van der Waals surface area contributed by atoms with Crippen LogP contribution < -0.4 is 15.9 Å². The molecule has 39 heavy (non-hydrogen) atoms. The summed E-state index contributed by atoms with van der Waals surface area (Å²) >= 11 is 0. The summed E-state index contributed by atoms with van der Waals surface area (Å²) in [5.41, 5.74) is 4.05. The highest BCUT2D eigenvalue weighted by molar-refractivity contribution is 5.99. The van der Waals surface area contributed by atoms with Crippen LogP contribution in [0.1, 0.15) is 21.6 Å². The van der Waals surface area contributed by atoms with Crippen LogP contribution in [0.4, 0.5) is 10.5 Å². The zero-order valence-corrected chi connectivity index (χ0v) is 21.3. The standard InChI is InChI=1S/C30H29N5O4/c36-28(33-16-14-31-19-24(33)17-20-7-3-1-4-8-20)26-27(22-9-5-2-6-10-22)35(29(37)32-26)23-12-11-21-13-15-34(30(38)39)25(21)18-23/h1-12,18,24,31H,13-17,19H2,(H,32,37)(H,38,39). The van der Waals surface area contributed by atoms with Crippen LogP contribution >= 0.6 is 0 Å². The van der Waals surface area contributed by atoms with Gasteiger partial charge in [-0.05, 0) is 36.1 Å². The topological polar surface area (TPSA) is 111 Å². The molecule has 1 fully saturated rings. The number of hydrogen-bond acceptors (Lipinski definition) is 4. The van der Waals surface area contributed by atoms with Gasteiger partial charge in [0.25, 0.3) is 5.91 Å². The van der Waals surface area contributed by atoms with Gasteiger partial charge in [0.15, 0.2) is 0 Å². The van der Waals surface area contributed by atoms with E-state index in [-0.39, 0.29) is 17.6 Å². The number of nitrogens with one attached hydrogen (secondary N) is 2. The number of fused-ring (bicyclic) bond motifs is 1. The molecular weight excluding hydrogens is 494 g/mol. The Morgan fingerprint density at radius 3 is 2.44 bits per heavy atom. The quantitative estimate of drug-likeness (QED) is 0.371. The maximum Gasteiger partial charge on any atom is 0.411 e. The van der Waals surface area contributed by atoms with E-state index < -0.39 is 11.8 Å². The molecule has 1 unspecified atom stereocenters. The van der Waals surface area contributed by atoms with E-state index in [9.17, 15) is 19.5 Å². The molecule has 1 atom stereocenters. The lowest BCUT2D eigenvalue weighted by Gasteiger charge is -2.36. The number of rotatable bonds is 5. The predicted octanol–water partition coefficient (Wildman–Crippen LogP) is 3.53. The van der Waals surface area contributed by atoms with E-state index in [4.69, 9.17) is 0 Å². The number of amides is 2. The molecule has 1 saturated heterocycles. The first-order chi connectivity index (χ1) is 19.0. The van der Waals surface area contributed by atoms with Gasteiger partial charge >= 0.3 is 11.8 Å². The summed E-state index contributed by atoms with van der Waals surface area (Å²) in [4.78, 5) is 45.4. The number of benzene rings is 3. The highest BCUT2D eigenvalue weighted by Crippen LogP contribution is 2.33. The largest absolute Gasteiger partial charge is 0.465 e. The molecule has 9 heteroatoms. The molecule has 2 aliphatic heterocycles. The molecule has 0 bridgehead atoms. The summed E-state index contributed by atoms with van der Waals surface area (Å²) in [5.74, 6) is -0.236. The number of H-pyrrole nitrogens is 1. The van der Waals surface area contributed by atoms with Gasteiger partial charge in [-0.3, -0.25) is 14.3 Å². The van der Waals surface area contributed by atoms with Crippen LogP contribution in [0.15, 0.2) is 83.7 Å². The molecule has 0 spiro atoms. The van der Waals surface area contributed by atoms with E-state index in [1.807, 2.05) is 65.6 Å². The molecule has 9 nitrogen and oxygen atoms in total. The first-order valence-electron chi connectivity index (χ1n) is 13.1. The molecule has 198 valence electrons. The van der Waals surface area contributed by atoms with E-state index in [1.165, 1.54) is 9.47 Å². The highest BCUT2D eigenvalue weighted by atomic mass is 16.4. The Kier molecular flexibility index (Phi) is 6.50. The predicted molar refractivity (Wildman–Crippen MR) is 149 cm³/mol. The first-order valence-corrected chi connectivity index (χ1v) is 13.1. The Bertz CT molecular complexity index is 1580. The van der Waals surface area contributed by atoms with E-state index >= 15 is 0 Å². The number of aromatic amines is 1. The number of aromatic nitrogens is 2. The van der Waals surface area contributed by atoms with Gasteiger partial charge < -0.3 is 20.3 Å². The van der Waals surface area contributed by atoms with Crippen molar-refractivity contribution < 1.29 is 14.7 Å². The van der Waals surface area contributed by atoms with Crippen molar-refractivity contribution in [3.8, 4) is 16.9 Å². The number of imidazole rings is 1. The van der Waals surface area contributed by atoms with Gasteiger partial charge in [0.05, 0.1) is 17.1 Å². The monoisotopic (exact) mass is 523 g/mol. The molecule has 0 radical (unpaired) electrons. The van der Waals surface area contributed by atoms with Crippen molar-refractivity contribution in [1.29, 1.82) is 0 Å². The molecule has 3 aromatic carbocycles. The van der Waals surface area contributed by atoms with Gasteiger partial charge in [-0.2, -0.15) is 0 Å². The zero-order valence-electron chi connectivity index (χ0n) is 21.3. The van der Waals surface area contributed by atoms with Gasteiger partial charge in [0.1, 0.15) is 5.69 Å². The SMILES string of the molecule is O=C(O)N1CCc2ccc(-n3c(-c4ccccc4)c(C(=O)N4CCNCC4Cc4ccccc4)[nH]c3=O)cc21. The van der Waals surface area contributed by atoms with Crippen LogP contribution in [0.2, 0.25) is 0 Å². The third-order valence-corrected chi connectivity index (χ3v) is 7.54. The minimum atomic E-state index is -1.03. The molecule has 3 N–H and O–H groups in total. The minimum Gasteiger partial charge on any atom is -0.465 e. The molecule has 4 aromatic rings. The number of anilines is 1. The smallest absolute Gasteiger partial charge is 0.411 e. The van der Waals surface area contributed by atoms with Crippen LogP contribution in [0.25, 0.3) is 16.9 Å². The number of nitrogens with zero attached hydrogens (tertiary/aromatic N) is 3. The number of hydrogen-bond donors (Lipinski definition) is 3. The van der Waals surface area contributed by atoms with E-state index in [2.05, 4.69) is 22.4 Å². The van der Waals surface area contributed by atoms with Crippen molar-refractivity contribution in [2.45, 2.75) is 18.9 Å². The number of piperazine rings is 1. The van der Waals surface area contributed by atoms with Crippen molar-refractivity contribution in [1.82, 2.24) is 19.8 Å². The fraction of sp³-hybridized carbons (Fsp3) is 0.233. The van der Waals surface area contributed by atoms with Crippen molar-refractivity contribution >= 4 is 17.7 Å². The van der Waals surface area contributed by atoms with Gasteiger partial charge in [-0.1, -0.05) is 66.7 Å². The average Bonchev–Trinajstić information content (AvgIpc) is 3.55. The number of carbonyl (C=O) groups excluding carboxylic acids is 1. The first kappa shape index (κ1) is 24.7. The van der Waals surface area contributed by atoms with Gasteiger partial charge in [0.2, 0.25) is 0 Å². The lowest BCUT2D eigenvalue weighted by atomic mass is 10.0. The van der Waals surface area contributed by atoms with Crippen LogP contribution in [0, 0.1) is 0 Å². The molecule has 0 aliphatic carbocycles. The summed E-state index contributed by atoms with van der Waals surface area (Å²) in [6.07, 6.45) is 0.279. The summed E-state index contributed by atoms with van der Waals surface area (Å²) in [6.45, 7) is 2.21. The van der Waals surface area contributed by atoms with E-state index in [0.29, 0.717) is 61.7 Å². The van der Waals surface area contributed by atoms with E-state index in [1.54, 1.807) is 6.07 Å². The maximum absolute atomic E-state index is 14.1. The fourth-order valence-corrected chi connectivity index (χ4v) is 5.65. The van der Waals surface area contributed by atoms with Crippen LogP contribution in [-0.2, 0) is 12.8 Å². The summed E-state index contributed by atoms with van der Waals surface area (Å²) in [5, 5.41) is 13.0. The Morgan fingerprint density at radius 1 is 0.949 bits per heavy atom. The second-order valence-electron chi connectivity index (χ2n) is 9.90. The van der Waals surface area contributed by atoms with Crippen molar-refractivity contribution in [2.75, 3.05) is 31.1 Å². The second kappa shape index (κ2) is 10.3. The van der Waals surface area contributed by atoms with Crippen molar-refractivity contribution in [2.24, 2.45) is 0 Å². The fourth-order valence-electron chi connectivity index (χ4n) is 5.65. The molecule has 1 aromatic heterocycles. The van der Waals surface area contributed by atoms with Gasteiger partial charge in [0, 0.05) is 37.8 Å². The van der Waals surface area contributed by atoms with Crippen LogP contribution in [0.3, 0.4) is 0 Å². The molecule has 6 rings (SSSR count). The van der Waals surface area contributed by atoms with Crippen LogP contribution in [0.5, 0.6) is 0 Å². The third kappa shape index (κ3) is 4.61. The van der Waals surface area contributed by atoms with Crippen molar-refractivity contribution in [3.63, 3.8) is 0 Å². The Balaban J connectivity index is 1.45. The molecule has 2 amide bonds. The normalized spacial score (nSPS) is 16.8. The molecule has 0 saturated carbocycles. The lowest BCUT2D eigenvalue weighted by Crippen LogP contribution is -2.54. The maximum atomic E-state index is 14.1. The molecule has 3 heterocycles. The Morgan fingerprint density at radius 2 is 1.69 bits per heavy atom. The van der Waals surface area contributed by atoms with Crippen LogP contribution in [-0.4, -0.2) is 63.8 Å². The van der Waals surface area contributed by atoms with Gasteiger partial charge in [-0.25, -0.2) is 9.59 Å². The number of carboxylic acid groups (broad SMARTS) is 1. The molecular formula is C30H29N5O4. The lowest BCUT2D eigenvalue weighted by molar-refractivity contribution is 0.0631. The Labute approximate surface area is 225 Å². The van der Waals surface area contributed by atoms with E-state index in [0.717, 1.165) is 11.1 Å². The average molecular weight is 524 g/mol. The summed E-state index contributed by atoms with van der Waals surface area (Å²) < 4.78 is 1.48. The van der Waals surface area contributed by atoms with Gasteiger partial charge in [-0.15, -0.1) is 0 Å². The zero-order chi connectivity index (χ0) is 26.9. The second-order valence-corrected chi connectivity index (χ2v) is 9.90. The number of carbonyl (C=O) groups is 2. The molecule has 2 aliphatic rings. The van der Waals surface area contributed by atoms with Crippen molar-refractivity contribution in [3.05, 3.63) is 106 Å². The summed E-state index contributed by atoms with van der Waals surface area (Å²) in [6, 6.07) is 24.7. The minimum absolute atomic E-state index is 0.0757. The Hall–Kier alpha value is -4.63. The highest BCUT2D eigenvalue weighted by Gasteiger charge is 2.32.